The van der Waals surface area contributed by atoms with Crippen molar-refractivity contribution in [2.75, 3.05) is 13.1 Å². The number of rotatable bonds is 13. The minimum atomic E-state index is -1.47. The first-order valence-electron chi connectivity index (χ1n) is 16.0. The van der Waals surface area contributed by atoms with Crippen molar-refractivity contribution in [3.8, 4) is 0 Å². The van der Waals surface area contributed by atoms with Gasteiger partial charge in [-0.15, -0.1) is 13.2 Å². The van der Waals surface area contributed by atoms with E-state index < -0.39 is 89.4 Å². The van der Waals surface area contributed by atoms with Crippen LogP contribution in [0.3, 0.4) is 0 Å². The van der Waals surface area contributed by atoms with E-state index in [4.69, 9.17) is 29.5 Å². The van der Waals surface area contributed by atoms with E-state index in [9.17, 15) is 39.0 Å². The highest BCUT2D eigenvalue weighted by atomic mass is 16.6. The van der Waals surface area contributed by atoms with E-state index in [0.717, 1.165) is 6.08 Å². The molecule has 18 nitrogen and oxygen atoms in total. The highest BCUT2D eigenvalue weighted by Gasteiger charge is 2.36. The molecule has 0 aromatic carbocycles. The van der Waals surface area contributed by atoms with Gasteiger partial charge in [0.1, 0.15) is 35.0 Å². The monoisotopic (exact) mass is 734 g/mol. The van der Waals surface area contributed by atoms with Gasteiger partial charge in [-0.1, -0.05) is 12.2 Å². The Labute approximate surface area is 299 Å². The topological polar surface area (TPSA) is 271 Å². The number of aliphatic carboxylic acids is 3. The number of hydrogen-bond donors (Lipinski definition) is 8. The second kappa shape index (κ2) is 21.7. The summed E-state index contributed by atoms with van der Waals surface area (Å²) in [5.41, 5.74) is -1.96. The van der Waals surface area contributed by atoms with Gasteiger partial charge in [-0.05, 0) is 82.1 Å². The molecule has 3 amide bonds. The molecular formula is C33H58N4O14. The van der Waals surface area contributed by atoms with E-state index in [-0.39, 0.29) is 13.0 Å². The van der Waals surface area contributed by atoms with E-state index in [1.54, 1.807) is 74.1 Å². The van der Waals surface area contributed by atoms with Crippen molar-refractivity contribution in [2.24, 2.45) is 0 Å². The average molecular weight is 735 g/mol. The Morgan fingerprint density at radius 3 is 1.51 bits per heavy atom. The van der Waals surface area contributed by atoms with Gasteiger partial charge in [-0.25, -0.2) is 24.0 Å². The van der Waals surface area contributed by atoms with E-state index in [0.29, 0.717) is 13.0 Å². The number of carbonyl (C=O) groups excluding carboxylic acids is 3. The summed E-state index contributed by atoms with van der Waals surface area (Å²) >= 11 is 0. The summed E-state index contributed by atoms with van der Waals surface area (Å²) in [5, 5.41) is 52.5. The Hall–Kier alpha value is -4.42. The molecule has 2 unspecified atom stereocenters. The average Bonchev–Trinajstić information content (AvgIpc) is 2.90. The Balaban J connectivity index is 0. The van der Waals surface area contributed by atoms with Crippen LogP contribution >= 0.6 is 0 Å². The van der Waals surface area contributed by atoms with Crippen molar-refractivity contribution in [3.05, 3.63) is 25.3 Å². The molecule has 1 heterocycles. The number of alkyl carbamates (subject to hydrolysis) is 3. The largest absolute Gasteiger partial charge is 0.480 e. The first-order valence-corrected chi connectivity index (χ1v) is 16.0. The Morgan fingerprint density at radius 1 is 0.765 bits per heavy atom. The van der Waals surface area contributed by atoms with Gasteiger partial charge in [-0.2, -0.15) is 0 Å². The first-order chi connectivity index (χ1) is 23.0. The van der Waals surface area contributed by atoms with E-state index in [1.807, 2.05) is 5.32 Å². The Morgan fingerprint density at radius 2 is 1.20 bits per heavy atom. The van der Waals surface area contributed by atoms with Crippen LogP contribution < -0.4 is 16.0 Å². The predicted molar refractivity (Wildman–Crippen MR) is 185 cm³/mol. The third-order valence-corrected chi connectivity index (χ3v) is 6.07. The van der Waals surface area contributed by atoms with E-state index in [1.165, 1.54) is 6.08 Å². The van der Waals surface area contributed by atoms with Crippen molar-refractivity contribution in [1.29, 1.82) is 0 Å². The number of carbonyl (C=O) groups is 6. The van der Waals surface area contributed by atoms with Gasteiger partial charge in [0.2, 0.25) is 0 Å². The van der Waals surface area contributed by atoms with Crippen molar-refractivity contribution in [1.82, 2.24) is 20.9 Å². The number of amides is 3. The van der Waals surface area contributed by atoms with Gasteiger partial charge < -0.3 is 55.7 Å². The van der Waals surface area contributed by atoms with Gasteiger partial charge in [0, 0.05) is 13.1 Å². The van der Waals surface area contributed by atoms with Gasteiger partial charge in [-0.3, -0.25) is 9.69 Å². The number of aliphatic hydroxyl groups excluding tert-OH is 2. The van der Waals surface area contributed by atoms with E-state index >= 15 is 0 Å². The summed E-state index contributed by atoms with van der Waals surface area (Å²) in [7, 11) is 0. The lowest BCUT2D eigenvalue weighted by Crippen LogP contribution is -2.57. The number of carboxylic acids is 3. The fraction of sp³-hybridized carbons (Fsp3) is 0.697. The number of hydrogen-bond acceptors (Lipinski definition) is 12. The molecule has 1 saturated heterocycles. The lowest BCUT2D eigenvalue weighted by molar-refractivity contribution is -0.149. The van der Waals surface area contributed by atoms with Crippen LogP contribution in [0.4, 0.5) is 14.4 Å². The van der Waals surface area contributed by atoms with Crippen molar-refractivity contribution < 1.29 is 68.5 Å². The van der Waals surface area contributed by atoms with Crippen molar-refractivity contribution in [2.45, 2.75) is 135 Å². The molecule has 18 heteroatoms. The molecule has 0 aromatic heterocycles. The molecule has 51 heavy (non-hydrogen) atoms. The molecule has 0 bridgehead atoms. The van der Waals surface area contributed by atoms with Crippen molar-refractivity contribution in [3.63, 3.8) is 0 Å². The maximum atomic E-state index is 11.6. The summed E-state index contributed by atoms with van der Waals surface area (Å²) in [6.45, 7) is 24.5. The molecule has 0 aliphatic carbocycles. The SMILES string of the molecule is C=CC(O)[C@H](NC(=O)OC(C)(C)C)C(=O)O.C=CC[C@H](NC(=O)OC(C)(C)C)C(=O)O.C[C@@H](NC(=O)OC(C)(C)C)C(O)CN1CC[C@H]1C(=O)O. The van der Waals surface area contributed by atoms with Gasteiger partial charge in [0.05, 0.1) is 12.1 Å². The highest BCUT2D eigenvalue weighted by molar-refractivity contribution is 5.81. The fourth-order valence-electron chi connectivity index (χ4n) is 3.63. The Kier molecular flexibility index (Phi) is 20.7. The maximum Gasteiger partial charge on any atom is 0.408 e. The molecule has 1 rings (SSSR count). The number of nitrogens with one attached hydrogen (secondary N) is 3. The lowest BCUT2D eigenvalue weighted by atomic mass is 10.0. The normalized spacial score (nSPS) is 17.2. The third-order valence-electron chi connectivity index (χ3n) is 6.07. The molecule has 6 atom stereocenters. The quantitative estimate of drug-likeness (QED) is 0.0997. The summed E-state index contributed by atoms with van der Waals surface area (Å²) in [5.74, 6) is -3.35. The number of carboxylic acid groups (broad SMARTS) is 3. The smallest absolute Gasteiger partial charge is 0.408 e. The van der Waals surface area contributed by atoms with Gasteiger partial charge >= 0.3 is 36.2 Å². The highest BCUT2D eigenvalue weighted by Crippen LogP contribution is 2.18. The van der Waals surface area contributed by atoms with Crippen LogP contribution in [0.15, 0.2) is 25.3 Å². The van der Waals surface area contributed by atoms with Gasteiger partial charge in [0.15, 0.2) is 6.04 Å². The number of β-amino-alcohol motifs (C(OH)–C–C–N with tert-alkyl or cyclic N) is 1. The minimum absolute atomic E-state index is 0.161. The summed E-state index contributed by atoms with van der Waals surface area (Å²) in [6.07, 6.45) is -1.24. The molecule has 1 aliphatic rings. The summed E-state index contributed by atoms with van der Waals surface area (Å²) in [4.78, 5) is 68.0. The van der Waals surface area contributed by atoms with Crippen LogP contribution in [0.5, 0.6) is 0 Å². The summed E-state index contributed by atoms with van der Waals surface area (Å²) < 4.78 is 14.9. The minimum Gasteiger partial charge on any atom is -0.480 e. The first kappa shape index (κ1) is 48.7. The van der Waals surface area contributed by atoms with Gasteiger partial charge in [0.25, 0.3) is 0 Å². The molecule has 0 aromatic rings. The van der Waals surface area contributed by atoms with Crippen LogP contribution in [-0.2, 0) is 28.6 Å². The molecule has 1 aliphatic heterocycles. The number of ether oxygens (including phenoxy) is 3. The van der Waals surface area contributed by atoms with Crippen LogP contribution in [0, 0.1) is 0 Å². The van der Waals surface area contributed by atoms with Crippen LogP contribution in [0.1, 0.15) is 82.1 Å². The fourth-order valence-corrected chi connectivity index (χ4v) is 3.63. The second-order valence-corrected chi connectivity index (χ2v) is 14.4. The van der Waals surface area contributed by atoms with Crippen LogP contribution in [0.25, 0.3) is 0 Å². The number of likely N-dealkylation sites (tertiary alicyclic amines) is 1. The predicted octanol–water partition coefficient (Wildman–Crippen LogP) is 2.47. The zero-order valence-corrected chi connectivity index (χ0v) is 31.2. The standard InChI is InChI=1S/C13H24N2O5.C10H17NO5.C10H17NO4/c1-8(14-12(19)20-13(2,3)4)10(16)7-15-6-5-9(15)11(17)18;1-5-6(12)7(8(13)14)11-9(15)16-10(2,3)4;1-5-6-7(8(12)13)11-9(14)15-10(2,3)4/h8-10,16H,5-7H2,1-4H3,(H,14,19)(H,17,18);5-7,12H,1H2,2-4H3,(H,11,15)(H,13,14);5,7H,1,6H2,2-4H3,(H,11,14)(H,12,13)/t8-,9+,10?;6?,7-;7-/m100/s1. The molecule has 8 N–H and O–H groups in total. The van der Waals surface area contributed by atoms with Crippen molar-refractivity contribution >= 4 is 36.2 Å². The number of nitrogens with zero attached hydrogens (tertiary/aromatic N) is 1. The van der Waals surface area contributed by atoms with Crippen LogP contribution in [0.2, 0.25) is 0 Å². The molecular weight excluding hydrogens is 676 g/mol. The maximum absolute atomic E-state index is 11.6. The molecule has 1 fully saturated rings. The third kappa shape index (κ3) is 23.6. The molecule has 0 saturated carbocycles. The summed E-state index contributed by atoms with van der Waals surface area (Å²) in [6, 6.07) is -3.50. The molecule has 0 spiro atoms. The molecule has 294 valence electrons. The van der Waals surface area contributed by atoms with Crippen LogP contribution in [-0.4, -0.2) is 133 Å². The Bertz CT molecular complexity index is 1190. The zero-order valence-electron chi connectivity index (χ0n) is 31.2. The zero-order chi connectivity index (χ0) is 40.5. The number of aliphatic hydroxyl groups is 2. The molecule has 0 radical (unpaired) electrons. The van der Waals surface area contributed by atoms with E-state index in [2.05, 4.69) is 23.8 Å². The second-order valence-electron chi connectivity index (χ2n) is 14.4. The lowest BCUT2D eigenvalue weighted by Gasteiger charge is -2.40.